The summed E-state index contributed by atoms with van der Waals surface area (Å²) in [5.74, 6) is 0.309. The van der Waals surface area contributed by atoms with Gasteiger partial charge in [0.2, 0.25) is 5.88 Å². The topological polar surface area (TPSA) is 64.9 Å². The number of hydrogen-bond donors (Lipinski definition) is 1. The van der Waals surface area contributed by atoms with Gasteiger partial charge in [-0.1, -0.05) is 29.4 Å². The molecule has 2 heterocycles. The predicted molar refractivity (Wildman–Crippen MR) is 81.4 cm³/mol. The standard InChI is InChI=1S/C15H13N3OS/c1-20-12-7-3-2-6-11(12)14-13(15(16)19-18-14)10-5-4-8-17-9-10/h2-9H,16H2,1H3. The largest absolute Gasteiger partial charge is 0.367 e. The quantitative estimate of drug-likeness (QED) is 0.742. The fourth-order valence-electron chi connectivity index (χ4n) is 2.12. The molecule has 0 radical (unpaired) electrons. The first-order chi connectivity index (χ1) is 9.81. The van der Waals surface area contributed by atoms with Gasteiger partial charge in [0.25, 0.3) is 0 Å². The zero-order valence-corrected chi connectivity index (χ0v) is 11.7. The molecular weight excluding hydrogens is 270 g/mol. The monoisotopic (exact) mass is 283 g/mol. The van der Waals surface area contributed by atoms with E-state index in [1.54, 1.807) is 24.2 Å². The molecular formula is C15H13N3OS. The molecule has 0 aliphatic carbocycles. The van der Waals surface area contributed by atoms with Crippen LogP contribution in [-0.4, -0.2) is 16.4 Å². The van der Waals surface area contributed by atoms with E-state index in [9.17, 15) is 0 Å². The van der Waals surface area contributed by atoms with Crippen molar-refractivity contribution in [2.45, 2.75) is 4.90 Å². The summed E-state index contributed by atoms with van der Waals surface area (Å²) in [7, 11) is 0. The van der Waals surface area contributed by atoms with Gasteiger partial charge in [-0.15, -0.1) is 11.8 Å². The van der Waals surface area contributed by atoms with Crippen LogP contribution in [-0.2, 0) is 0 Å². The maximum absolute atomic E-state index is 5.94. The summed E-state index contributed by atoms with van der Waals surface area (Å²) < 4.78 is 5.19. The van der Waals surface area contributed by atoms with Gasteiger partial charge in [0.05, 0.1) is 5.56 Å². The Morgan fingerprint density at radius 1 is 1.15 bits per heavy atom. The minimum atomic E-state index is 0.309. The predicted octanol–water partition coefficient (Wildman–Crippen LogP) is 3.71. The van der Waals surface area contributed by atoms with Gasteiger partial charge in [0.15, 0.2) is 0 Å². The number of nitrogens with two attached hydrogens (primary N) is 1. The van der Waals surface area contributed by atoms with Crippen LogP contribution in [0.1, 0.15) is 0 Å². The summed E-state index contributed by atoms with van der Waals surface area (Å²) >= 11 is 1.67. The van der Waals surface area contributed by atoms with Crippen molar-refractivity contribution in [1.82, 2.24) is 10.1 Å². The van der Waals surface area contributed by atoms with Crippen LogP contribution in [0.2, 0.25) is 0 Å². The van der Waals surface area contributed by atoms with E-state index in [-0.39, 0.29) is 0 Å². The van der Waals surface area contributed by atoms with Gasteiger partial charge in [0.1, 0.15) is 5.69 Å². The molecule has 2 aromatic heterocycles. The Balaban J connectivity index is 2.22. The minimum Gasteiger partial charge on any atom is -0.367 e. The minimum absolute atomic E-state index is 0.309. The second-order valence-corrected chi connectivity index (χ2v) is 5.06. The van der Waals surface area contributed by atoms with Gasteiger partial charge < -0.3 is 10.3 Å². The summed E-state index contributed by atoms with van der Waals surface area (Å²) in [6.07, 6.45) is 5.52. The van der Waals surface area contributed by atoms with Gasteiger partial charge in [-0.25, -0.2) is 0 Å². The number of benzene rings is 1. The molecule has 100 valence electrons. The summed E-state index contributed by atoms with van der Waals surface area (Å²) in [6, 6.07) is 11.9. The Bertz CT molecular complexity index is 725. The Morgan fingerprint density at radius 2 is 2.00 bits per heavy atom. The van der Waals surface area contributed by atoms with Gasteiger partial charge in [-0.3, -0.25) is 4.98 Å². The maximum Gasteiger partial charge on any atom is 0.230 e. The molecule has 0 fully saturated rings. The highest BCUT2D eigenvalue weighted by atomic mass is 32.2. The SMILES string of the molecule is CSc1ccccc1-c1noc(N)c1-c1cccnc1. The van der Waals surface area contributed by atoms with Crippen molar-refractivity contribution in [3.05, 3.63) is 48.8 Å². The number of aromatic nitrogens is 2. The second kappa shape index (κ2) is 5.38. The molecule has 0 amide bonds. The molecule has 2 N–H and O–H groups in total. The Hall–Kier alpha value is -2.27. The molecule has 0 aliphatic rings. The van der Waals surface area contributed by atoms with Crippen LogP contribution in [0.5, 0.6) is 0 Å². The molecule has 0 spiro atoms. The van der Waals surface area contributed by atoms with E-state index in [1.807, 2.05) is 36.6 Å². The smallest absolute Gasteiger partial charge is 0.230 e. The average molecular weight is 283 g/mol. The van der Waals surface area contributed by atoms with Crippen LogP contribution >= 0.6 is 11.8 Å². The summed E-state index contributed by atoms with van der Waals surface area (Å²) in [4.78, 5) is 5.26. The molecule has 3 rings (SSSR count). The summed E-state index contributed by atoms with van der Waals surface area (Å²) in [5.41, 5.74) is 9.39. The molecule has 1 aromatic carbocycles. The molecule has 3 aromatic rings. The first-order valence-electron chi connectivity index (χ1n) is 6.10. The fraction of sp³-hybridized carbons (Fsp3) is 0.0667. The zero-order chi connectivity index (χ0) is 13.9. The normalized spacial score (nSPS) is 10.7. The Morgan fingerprint density at radius 3 is 2.75 bits per heavy atom. The van der Waals surface area contributed by atoms with Crippen molar-refractivity contribution < 1.29 is 4.52 Å². The molecule has 4 nitrogen and oxygen atoms in total. The van der Waals surface area contributed by atoms with Crippen molar-refractivity contribution in [2.75, 3.05) is 12.0 Å². The number of rotatable bonds is 3. The van der Waals surface area contributed by atoms with Crippen LogP contribution in [0.15, 0.2) is 58.2 Å². The lowest BCUT2D eigenvalue weighted by atomic mass is 10.0. The van der Waals surface area contributed by atoms with Gasteiger partial charge >= 0.3 is 0 Å². The van der Waals surface area contributed by atoms with E-state index in [0.717, 1.165) is 27.3 Å². The lowest BCUT2D eigenvalue weighted by Crippen LogP contribution is -1.89. The first-order valence-corrected chi connectivity index (χ1v) is 7.32. The van der Waals surface area contributed by atoms with Gasteiger partial charge in [-0.2, -0.15) is 0 Å². The lowest BCUT2D eigenvalue weighted by molar-refractivity contribution is 0.439. The van der Waals surface area contributed by atoms with Crippen molar-refractivity contribution in [3.63, 3.8) is 0 Å². The van der Waals surface area contributed by atoms with Crippen LogP contribution in [0, 0.1) is 0 Å². The molecule has 0 unspecified atom stereocenters. The van der Waals surface area contributed by atoms with E-state index < -0.39 is 0 Å². The fourth-order valence-corrected chi connectivity index (χ4v) is 2.72. The van der Waals surface area contributed by atoms with Crippen LogP contribution in [0.3, 0.4) is 0 Å². The van der Waals surface area contributed by atoms with Gasteiger partial charge in [-0.05, 0) is 18.4 Å². The Kier molecular flexibility index (Phi) is 3.43. The van der Waals surface area contributed by atoms with Crippen LogP contribution in [0.25, 0.3) is 22.4 Å². The number of nitrogen functional groups attached to an aromatic ring is 1. The molecule has 20 heavy (non-hydrogen) atoms. The molecule has 0 atom stereocenters. The highest BCUT2D eigenvalue weighted by Gasteiger charge is 2.19. The lowest BCUT2D eigenvalue weighted by Gasteiger charge is -2.06. The summed E-state index contributed by atoms with van der Waals surface area (Å²) in [6.45, 7) is 0. The first kappa shape index (κ1) is 12.7. The van der Waals surface area contributed by atoms with E-state index in [2.05, 4.69) is 16.2 Å². The van der Waals surface area contributed by atoms with Crippen LogP contribution in [0.4, 0.5) is 5.88 Å². The molecule has 5 heteroatoms. The number of thioether (sulfide) groups is 1. The zero-order valence-electron chi connectivity index (χ0n) is 10.9. The summed E-state index contributed by atoms with van der Waals surface area (Å²) in [5, 5.41) is 4.13. The van der Waals surface area contributed by atoms with E-state index in [0.29, 0.717) is 5.88 Å². The Labute approximate surface area is 121 Å². The third kappa shape index (κ3) is 2.16. The highest BCUT2D eigenvalue weighted by Crippen LogP contribution is 2.39. The van der Waals surface area contributed by atoms with E-state index in [4.69, 9.17) is 10.3 Å². The third-order valence-corrected chi connectivity index (χ3v) is 3.83. The van der Waals surface area contributed by atoms with Crippen molar-refractivity contribution in [2.24, 2.45) is 0 Å². The van der Waals surface area contributed by atoms with Gasteiger partial charge in [0, 0.05) is 28.4 Å². The highest BCUT2D eigenvalue weighted by molar-refractivity contribution is 7.98. The van der Waals surface area contributed by atoms with Crippen molar-refractivity contribution in [3.8, 4) is 22.4 Å². The number of pyridine rings is 1. The number of anilines is 1. The maximum atomic E-state index is 5.94. The number of hydrogen-bond acceptors (Lipinski definition) is 5. The molecule has 0 saturated heterocycles. The van der Waals surface area contributed by atoms with Crippen LogP contribution < -0.4 is 5.73 Å². The average Bonchev–Trinajstić information content (AvgIpc) is 2.89. The van der Waals surface area contributed by atoms with Crippen molar-refractivity contribution >= 4 is 17.6 Å². The third-order valence-electron chi connectivity index (χ3n) is 3.03. The number of nitrogens with zero attached hydrogens (tertiary/aromatic N) is 2. The van der Waals surface area contributed by atoms with E-state index >= 15 is 0 Å². The molecule has 0 aliphatic heterocycles. The van der Waals surface area contributed by atoms with E-state index in [1.165, 1.54) is 0 Å². The molecule has 0 bridgehead atoms. The molecule has 0 saturated carbocycles. The second-order valence-electron chi connectivity index (χ2n) is 4.21. The van der Waals surface area contributed by atoms with Crippen molar-refractivity contribution in [1.29, 1.82) is 0 Å².